The van der Waals surface area contributed by atoms with Crippen LogP contribution in [0.2, 0.25) is 0 Å². The van der Waals surface area contributed by atoms with Crippen LogP contribution in [-0.2, 0) is 6.54 Å². The minimum Gasteiger partial charge on any atom is -0.494 e. The van der Waals surface area contributed by atoms with Crippen LogP contribution in [0.15, 0.2) is 42.6 Å². The van der Waals surface area contributed by atoms with Gasteiger partial charge in [-0.3, -0.25) is 9.36 Å². The van der Waals surface area contributed by atoms with E-state index in [1.54, 1.807) is 6.07 Å². The Morgan fingerprint density at radius 1 is 1.07 bits per heavy atom. The van der Waals surface area contributed by atoms with Crippen LogP contribution in [-0.4, -0.2) is 40.4 Å². The van der Waals surface area contributed by atoms with Crippen molar-refractivity contribution < 1.29 is 9.53 Å². The Labute approximate surface area is 180 Å². The molecule has 1 saturated heterocycles. The van der Waals surface area contributed by atoms with Gasteiger partial charge in [-0.15, -0.1) is 10.2 Å². The van der Waals surface area contributed by atoms with Crippen molar-refractivity contribution in [1.82, 2.24) is 20.1 Å². The van der Waals surface area contributed by atoms with E-state index in [2.05, 4.69) is 20.4 Å². The van der Waals surface area contributed by atoms with Crippen molar-refractivity contribution in [3.63, 3.8) is 0 Å². The normalized spacial score (nSPS) is 14.4. The molecular formula is C22H27N5O2S. The van der Waals surface area contributed by atoms with Crippen LogP contribution in [0.1, 0.15) is 48.7 Å². The number of nitrogens with zero attached hydrogens (tertiary/aromatic N) is 4. The molecule has 3 aromatic rings. The molecule has 1 aliphatic rings. The Balaban J connectivity index is 1.46. The second kappa shape index (κ2) is 9.75. The molecule has 0 unspecified atom stereocenters. The number of ether oxygens (including phenoxy) is 1. The van der Waals surface area contributed by atoms with Gasteiger partial charge in [-0.2, -0.15) is 0 Å². The van der Waals surface area contributed by atoms with Gasteiger partial charge < -0.3 is 15.0 Å². The molecular weight excluding hydrogens is 398 g/mol. The number of anilines is 1. The first-order chi connectivity index (χ1) is 14.8. The van der Waals surface area contributed by atoms with E-state index in [1.165, 1.54) is 37.0 Å². The lowest BCUT2D eigenvalue weighted by molar-refractivity contribution is 0.0944. The van der Waals surface area contributed by atoms with E-state index in [-0.39, 0.29) is 5.91 Å². The third-order valence-corrected chi connectivity index (χ3v) is 6.16. The van der Waals surface area contributed by atoms with E-state index in [9.17, 15) is 4.79 Å². The van der Waals surface area contributed by atoms with Crippen molar-refractivity contribution in [3.05, 3.63) is 53.9 Å². The number of carbonyl (C=O) groups is 1. The number of benzene rings is 1. The quantitative estimate of drug-likeness (QED) is 0.619. The van der Waals surface area contributed by atoms with E-state index in [0.717, 1.165) is 29.5 Å². The van der Waals surface area contributed by atoms with Crippen molar-refractivity contribution in [2.45, 2.75) is 39.2 Å². The van der Waals surface area contributed by atoms with Gasteiger partial charge in [-0.25, -0.2) is 0 Å². The molecule has 8 heteroatoms. The smallest absolute Gasteiger partial charge is 0.268 e. The molecule has 2 aromatic heterocycles. The maximum atomic E-state index is 12.9. The summed E-state index contributed by atoms with van der Waals surface area (Å²) in [7, 11) is 0. The molecule has 1 N–H and O–H groups in total. The molecule has 0 saturated carbocycles. The zero-order valence-electron chi connectivity index (χ0n) is 17.2. The number of hydrogen-bond donors (Lipinski definition) is 1. The molecule has 0 radical (unpaired) electrons. The van der Waals surface area contributed by atoms with Crippen LogP contribution < -0.4 is 15.0 Å². The maximum Gasteiger partial charge on any atom is 0.268 e. The molecule has 1 aliphatic heterocycles. The van der Waals surface area contributed by atoms with Crippen molar-refractivity contribution in [2.75, 3.05) is 24.6 Å². The second-order valence-corrected chi connectivity index (χ2v) is 8.19. The predicted molar refractivity (Wildman–Crippen MR) is 119 cm³/mol. The van der Waals surface area contributed by atoms with Crippen LogP contribution in [0.4, 0.5) is 5.13 Å². The van der Waals surface area contributed by atoms with Gasteiger partial charge in [0.05, 0.1) is 6.61 Å². The van der Waals surface area contributed by atoms with Gasteiger partial charge in [0.2, 0.25) is 10.3 Å². The number of para-hydroxylation sites is 1. The molecule has 158 valence electrons. The number of amides is 1. The van der Waals surface area contributed by atoms with Crippen LogP contribution in [0.5, 0.6) is 5.75 Å². The summed E-state index contributed by atoms with van der Waals surface area (Å²) in [5, 5.41) is 13.4. The van der Waals surface area contributed by atoms with Crippen LogP contribution in [0, 0.1) is 0 Å². The van der Waals surface area contributed by atoms with Crippen molar-refractivity contribution in [1.29, 1.82) is 0 Å². The van der Waals surface area contributed by atoms with Gasteiger partial charge in [0, 0.05) is 31.4 Å². The summed E-state index contributed by atoms with van der Waals surface area (Å²) in [6, 6.07) is 11.4. The van der Waals surface area contributed by atoms with Gasteiger partial charge in [-0.1, -0.05) is 42.4 Å². The molecule has 3 heterocycles. The number of aromatic nitrogens is 3. The van der Waals surface area contributed by atoms with Crippen LogP contribution >= 0.6 is 11.3 Å². The third kappa shape index (κ3) is 4.64. The summed E-state index contributed by atoms with van der Waals surface area (Å²) in [5.41, 5.74) is 1.49. The Morgan fingerprint density at radius 2 is 1.83 bits per heavy atom. The Kier molecular flexibility index (Phi) is 6.63. The summed E-state index contributed by atoms with van der Waals surface area (Å²) in [5.74, 6) is 0.639. The highest BCUT2D eigenvalue weighted by Crippen LogP contribution is 2.26. The van der Waals surface area contributed by atoms with E-state index in [1.807, 2.05) is 48.0 Å². The number of nitrogens with one attached hydrogen (secondary N) is 1. The predicted octanol–water partition coefficient (Wildman–Crippen LogP) is 4.04. The first-order valence-electron chi connectivity index (χ1n) is 10.5. The molecule has 30 heavy (non-hydrogen) atoms. The average molecular weight is 426 g/mol. The number of rotatable bonds is 7. The summed E-state index contributed by atoms with van der Waals surface area (Å²) in [6.45, 7) is 4.98. The monoisotopic (exact) mass is 425 g/mol. The first-order valence-corrected chi connectivity index (χ1v) is 11.3. The third-order valence-electron chi connectivity index (χ3n) is 5.18. The summed E-state index contributed by atoms with van der Waals surface area (Å²) in [6.07, 6.45) is 6.79. The van der Waals surface area contributed by atoms with Gasteiger partial charge in [0.15, 0.2) is 0 Å². The maximum absolute atomic E-state index is 12.9. The Hall–Kier alpha value is -2.87. The van der Waals surface area contributed by atoms with E-state index in [0.29, 0.717) is 24.0 Å². The molecule has 0 spiro atoms. The van der Waals surface area contributed by atoms with Crippen LogP contribution in [0.3, 0.4) is 0 Å². The largest absolute Gasteiger partial charge is 0.494 e. The topological polar surface area (TPSA) is 72.3 Å². The molecule has 1 amide bonds. The lowest BCUT2D eigenvalue weighted by Gasteiger charge is -2.17. The van der Waals surface area contributed by atoms with E-state index < -0.39 is 0 Å². The highest BCUT2D eigenvalue weighted by Gasteiger charge is 2.18. The number of carbonyl (C=O) groups excluding carboxylic acids is 1. The van der Waals surface area contributed by atoms with Gasteiger partial charge >= 0.3 is 0 Å². The average Bonchev–Trinajstić information content (AvgIpc) is 3.37. The lowest BCUT2D eigenvalue weighted by Crippen LogP contribution is -2.25. The van der Waals surface area contributed by atoms with E-state index >= 15 is 0 Å². The molecule has 1 fully saturated rings. The second-order valence-electron chi connectivity index (χ2n) is 7.26. The van der Waals surface area contributed by atoms with Gasteiger partial charge in [-0.05, 0) is 38.0 Å². The minimum absolute atomic E-state index is 0.155. The molecule has 0 aliphatic carbocycles. The molecule has 7 nitrogen and oxygen atoms in total. The minimum atomic E-state index is -0.155. The Bertz CT molecular complexity index is 975. The Morgan fingerprint density at radius 3 is 2.63 bits per heavy atom. The highest BCUT2D eigenvalue weighted by molar-refractivity contribution is 7.17. The standard InChI is InChI=1S/C22H27N5O2S/c1-2-29-19-12-6-5-10-17(19)16-23-20(28)18-11-9-15-27(18)22-25-24-21(30-22)26-13-7-3-4-8-14-26/h5-6,9-12,15H,2-4,7-8,13-14,16H2,1H3,(H,23,28). The first kappa shape index (κ1) is 20.4. The summed E-state index contributed by atoms with van der Waals surface area (Å²) in [4.78, 5) is 15.2. The summed E-state index contributed by atoms with van der Waals surface area (Å²) < 4.78 is 7.45. The highest BCUT2D eigenvalue weighted by atomic mass is 32.1. The molecule has 0 bridgehead atoms. The molecule has 1 aromatic carbocycles. The van der Waals surface area contributed by atoms with Crippen molar-refractivity contribution >= 4 is 22.4 Å². The van der Waals surface area contributed by atoms with Crippen molar-refractivity contribution in [3.8, 4) is 10.9 Å². The zero-order valence-corrected chi connectivity index (χ0v) is 18.0. The molecule has 0 atom stereocenters. The van der Waals surface area contributed by atoms with E-state index in [4.69, 9.17) is 4.74 Å². The fourth-order valence-corrected chi connectivity index (χ4v) is 4.54. The van der Waals surface area contributed by atoms with Gasteiger partial charge in [0.25, 0.3) is 5.91 Å². The SMILES string of the molecule is CCOc1ccccc1CNC(=O)c1cccn1-c1nnc(N2CCCCCC2)s1. The fraction of sp³-hybridized carbons (Fsp3) is 0.409. The number of hydrogen-bond acceptors (Lipinski definition) is 6. The lowest BCUT2D eigenvalue weighted by atomic mass is 10.2. The zero-order chi connectivity index (χ0) is 20.8. The molecule has 4 rings (SSSR count). The van der Waals surface area contributed by atoms with Gasteiger partial charge in [0.1, 0.15) is 11.4 Å². The van der Waals surface area contributed by atoms with Crippen LogP contribution in [0.25, 0.3) is 5.13 Å². The fourth-order valence-electron chi connectivity index (χ4n) is 3.64. The van der Waals surface area contributed by atoms with Crippen molar-refractivity contribution in [2.24, 2.45) is 0 Å². The summed E-state index contributed by atoms with van der Waals surface area (Å²) >= 11 is 1.53.